The molecule has 1 N–H and O–H groups in total. The van der Waals surface area contributed by atoms with Crippen LogP contribution in [-0.4, -0.2) is 17.2 Å². The smallest absolute Gasteiger partial charge is 0.344 e. The number of hydrogen-bond acceptors (Lipinski definition) is 2. The Kier molecular flexibility index (Phi) is 11.9. The van der Waals surface area contributed by atoms with Gasteiger partial charge in [0.15, 0.2) is 6.10 Å². The normalized spacial score (nSPS) is 13.6. The lowest BCUT2D eigenvalue weighted by Crippen LogP contribution is -2.16. The number of allylic oxidation sites excluding steroid dienone is 5. The molecule has 1 unspecified atom stereocenters. The van der Waals surface area contributed by atoms with E-state index in [1.807, 2.05) is 6.08 Å². The summed E-state index contributed by atoms with van der Waals surface area (Å²) in [6.07, 6.45) is 17.7. The van der Waals surface area contributed by atoms with Gasteiger partial charge < -0.3 is 9.84 Å². The van der Waals surface area contributed by atoms with Crippen molar-refractivity contribution < 1.29 is 14.6 Å². The molecular weight excluding hydrogens is 240 g/mol. The van der Waals surface area contributed by atoms with Gasteiger partial charge in [-0.3, -0.25) is 0 Å². The zero-order valence-electron chi connectivity index (χ0n) is 12.0. The maximum Gasteiger partial charge on any atom is 0.344 e. The van der Waals surface area contributed by atoms with Gasteiger partial charge in [-0.05, 0) is 38.7 Å². The summed E-state index contributed by atoms with van der Waals surface area (Å²) in [5.74, 6) is -0.951. The van der Waals surface area contributed by atoms with Crippen molar-refractivity contribution >= 4 is 5.97 Å². The Morgan fingerprint density at radius 3 is 2.37 bits per heavy atom. The number of rotatable bonds is 11. The summed E-state index contributed by atoms with van der Waals surface area (Å²) in [7, 11) is 0. The van der Waals surface area contributed by atoms with Gasteiger partial charge in [0.05, 0.1) is 6.26 Å². The van der Waals surface area contributed by atoms with Gasteiger partial charge in [-0.25, -0.2) is 4.79 Å². The van der Waals surface area contributed by atoms with Gasteiger partial charge in [0.1, 0.15) is 0 Å². The molecule has 3 heteroatoms. The van der Waals surface area contributed by atoms with E-state index < -0.39 is 12.1 Å². The Morgan fingerprint density at radius 1 is 1.11 bits per heavy atom. The van der Waals surface area contributed by atoms with Crippen LogP contribution >= 0.6 is 0 Å². The fourth-order valence-electron chi connectivity index (χ4n) is 1.36. The number of unbranched alkanes of at least 4 members (excludes halogenated alkanes) is 3. The molecule has 0 rings (SSSR count). The van der Waals surface area contributed by atoms with Gasteiger partial charge in [0.25, 0.3) is 0 Å². The summed E-state index contributed by atoms with van der Waals surface area (Å²) in [6, 6.07) is 0. The zero-order chi connectivity index (χ0) is 14.3. The van der Waals surface area contributed by atoms with Crippen LogP contribution in [0.2, 0.25) is 0 Å². The minimum atomic E-state index is -0.951. The van der Waals surface area contributed by atoms with E-state index in [0.717, 1.165) is 12.8 Å². The molecule has 0 fully saturated rings. The molecule has 0 aliphatic rings. The quantitative estimate of drug-likeness (QED) is 0.341. The van der Waals surface area contributed by atoms with Gasteiger partial charge in [0.2, 0.25) is 0 Å². The van der Waals surface area contributed by atoms with E-state index in [1.165, 1.54) is 38.9 Å². The van der Waals surface area contributed by atoms with Crippen LogP contribution < -0.4 is 0 Å². The molecular formula is C16H26O3. The lowest BCUT2D eigenvalue weighted by atomic mass is 10.2. The number of carboxylic acids is 1. The Bertz CT molecular complexity index is 303. The molecule has 0 spiro atoms. The first-order valence-electron chi connectivity index (χ1n) is 7.01. The molecule has 19 heavy (non-hydrogen) atoms. The highest BCUT2D eigenvalue weighted by atomic mass is 16.5. The highest BCUT2D eigenvalue weighted by Gasteiger charge is 2.08. The van der Waals surface area contributed by atoms with Gasteiger partial charge in [-0.2, -0.15) is 0 Å². The van der Waals surface area contributed by atoms with E-state index in [2.05, 4.69) is 25.2 Å². The second-order valence-corrected chi connectivity index (χ2v) is 4.40. The highest BCUT2D eigenvalue weighted by Crippen LogP contribution is 2.00. The van der Waals surface area contributed by atoms with Crippen LogP contribution in [0.4, 0.5) is 0 Å². The molecule has 0 aliphatic carbocycles. The van der Waals surface area contributed by atoms with E-state index in [4.69, 9.17) is 9.84 Å². The first-order chi connectivity index (χ1) is 9.18. The van der Waals surface area contributed by atoms with Crippen LogP contribution in [-0.2, 0) is 9.53 Å². The first-order valence-corrected chi connectivity index (χ1v) is 7.01. The Balaban J connectivity index is 3.48. The molecule has 0 saturated heterocycles. The summed E-state index contributed by atoms with van der Waals surface area (Å²) in [5, 5.41) is 8.58. The summed E-state index contributed by atoms with van der Waals surface area (Å²) < 4.78 is 4.96. The van der Waals surface area contributed by atoms with Crippen molar-refractivity contribution in [2.45, 2.75) is 58.5 Å². The third-order valence-corrected chi connectivity index (χ3v) is 2.58. The fourth-order valence-corrected chi connectivity index (χ4v) is 1.36. The third-order valence-electron chi connectivity index (χ3n) is 2.58. The van der Waals surface area contributed by atoms with Crippen LogP contribution in [0.3, 0.4) is 0 Å². The number of aliphatic carboxylic acids is 1. The minimum Gasteiger partial charge on any atom is -0.487 e. The van der Waals surface area contributed by atoms with Crippen molar-refractivity contribution in [2.75, 3.05) is 0 Å². The predicted octanol–water partition coefficient (Wildman–Crippen LogP) is 4.46. The maximum absolute atomic E-state index is 10.5. The number of hydrogen-bond donors (Lipinski definition) is 1. The molecule has 0 aromatic carbocycles. The second-order valence-electron chi connectivity index (χ2n) is 4.40. The SMILES string of the molecule is CCCCC/C=C\C/C=C\C/C=C\OC(C)C(=O)O. The van der Waals surface area contributed by atoms with E-state index in [1.54, 1.807) is 6.08 Å². The average Bonchev–Trinajstić information content (AvgIpc) is 2.39. The van der Waals surface area contributed by atoms with Gasteiger partial charge in [-0.15, -0.1) is 0 Å². The monoisotopic (exact) mass is 266 g/mol. The van der Waals surface area contributed by atoms with Crippen molar-refractivity contribution in [2.24, 2.45) is 0 Å². The maximum atomic E-state index is 10.5. The van der Waals surface area contributed by atoms with Crippen molar-refractivity contribution in [1.29, 1.82) is 0 Å². The topological polar surface area (TPSA) is 46.5 Å². The minimum absolute atomic E-state index is 0.760. The van der Waals surface area contributed by atoms with Crippen LogP contribution in [0.1, 0.15) is 52.4 Å². The Hall–Kier alpha value is -1.51. The predicted molar refractivity (Wildman–Crippen MR) is 79.0 cm³/mol. The molecule has 0 aliphatic heterocycles. The fraction of sp³-hybridized carbons (Fsp3) is 0.562. The number of ether oxygens (including phenoxy) is 1. The van der Waals surface area contributed by atoms with Crippen molar-refractivity contribution in [1.82, 2.24) is 0 Å². The second kappa shape index (κ2) is 12.9. The van der Waals surface area contributed by atoms with Gasteiger partial charge in [0, 0.05) is 0 Å². The van der Waals surface area contributed by atoms with Crippen LogP contribution in [0.5, 0.6) is 0 Å². The average molecular weight is 266 g/mol. The van der Waals surface area contributed by atoms with Gasteiger partial charge in [-0.1, -0.05) is 44.1 Å². The molecule has 0 saturated carbocycles. The Morgan fingerprint density at radius 2 is 1.74 bits per heavy atom. The lowest BCUT2D eigenvalue weighted by Gasteiger charge is -2.03. The number of carbonyl (C=O) groups is 1. The largest absolute Gasteiger partial charge is 0.487 e. The third kappa shape index (κ3) is 12.7. The Labute approximate surface area is 116 Å². The van der Waals surface area contributed by atoms with Crippen molar-refractivity contribution in [3.8, 4) is 0 Å². The van der Waals surface area contributed by atoms with E-state index >= 15 is 0 Å². The molecule has 108 valence electrons. The van der Waals surface area contributed by atoms with Crippen molar-refractivity contribution in [3.05, 3.63) is 36.6 Å². The van der Waals surface area contributed by atoms with Crippen LogP contribution in [0, 0.1) is 0 Å². The van der Waals surface area contributed by atoms with E-state index in [-0.39, 0.29) is 0 Å². The molecule has 1 atom stereocenters. The molecule has 0 aromatic heterocycles. The van der Waals surface area contributed by atoms with Crippen molar-refractivity contribution in [3.63, 3.8) is 0 Å². The molecule has 3 nitrogen and oxygen atoms in total. The zero-order valence-corrected chi connectivity index (χ0v) is 12.0. The summed E-state index contributed by atoms with van der Waals surface area (Å²) in [4.78, 5) is 10.5. The number of carboxylic acid groups (broad SMARTS) is 1. The van der Waals surface area contributed by atoms with E-state index in [0.29, 0.717) is 0 Å². The molecule has 0 heterocycles. The summed E-state index contributed by atoms with van der Waals surface area (Å²) in [5.41, 5.74) is 0. The van der Waals surface area contributed by atoms with Crippen LogP contribution in [0.25, 0.3) is 0 Å². The first kappa shape index (κ1) is 17.5. The lowest BCUT2D eigenvalue weighted by molar-refractivity contribution is -0.145. The molecule has 0 bridgehead atoms. The molecule has 0 radical (unpaired) electrons. The molecule has 0 aromatic rings. The van der Waals surface area contributed by atoms with Crippen LogP contribution in [0.15, 0.2) is 36.6 Å². The van der Waals surface area contributed by atoms with Gasteiger partial charge >= 0.3 is 5.97 Å². The standard InChI is InChI=1S/C16H26O3/c1-3-4-5-6-7-8-9-10-11-12-13-14-19-15(2)16(17)18/h7-8,10-11,13-15H,3-6,9,12H2,1-2H3,(H,17,18)/b8-7-,11-10-,14-13-. The van der Waals surface area contributed by atoms with E-state index in [9.17, 15) is 4.79 Å². The highest BCUT2D eigenvalue weighted by molar-refractivity contribution is 5.71. The molecule has 0 amide bonds. The summed E-state index contributed by atoms with van der Waals surface area (Å²) in [6.45, 7) is 3.72. The summed E-state index contributed by atoms with van der Waals surface area (Å²) >= 11 is 0.